The van der Waals surface area contributed by atoms with Gasteiger partial charge in [0.25, 0.3) is 11.1 Å². The number of carbonyl (C=O) groups is 2. The standard InChI is InChI=1S/C27H24ClNO4S/c1-2-32-24-16-21(10-13-23(24)33-18-20-8-11-22(28)12-9-20)17-25-26(30)29(27(31)34-25)15-14-19-6-4-3-5-7-19/h3-13,16-17H,2,14-15,18H2,1H3/b25-17-. The third-order valence-electron chi connectivity index (χ3n) is 5.21. The van der Waals surface area contributed by atoms with E-state index < -0.39 is 0 Å². The first-order valence-electron chi connectivity index (χ1n) is 11.0. The molecule has 7 heteroatoms. The first kappa shape index (κ1) is 23.9. The van der Waals surface area contributed by atoms with Crippen molar-refractivity contribution in [3.63, 3.8) is 0 Å². The van der Waals surface area contributed by atoms with Crippen molar-refractivity contribution in [2.75, 3.05) is 13.2 Å². The lowest BCUT2D eigenvalue weighted by Crippen LogP contribution is -2.30. The van der Waals surface area contributed by atoms with Crippen molar-refractivity contribution in [2.24, 2.45) is 0 Å². The van der Waals surface area contributed by atoms with Gasteiger partial charge in [0.1, 0.15) is 6.61 Å². The second kappa shape index (κ2) is 11.3. The zero-order valence-electron chi connectivity index (χ0n) is 18.7. The minimum Gasteiger partial charge on any atom is -0.490 e. The molecule has 0 atom stereocenters. The fourth-order valence-electron chi connectivity index (χ4n) is 3.47. The molecule has 174 valence electrons. The summed E-state index contributed by atoms with van der Waals surface area (Å²) in [7, 11) is 0. The van der Waals surface area contributed by atoms with Crippen LogP contribution in [0.25, 0.3) is 6.08 Å². The van der Waals surface area contributed by atoms with E-state index in [0.29, 0.717) is 47.6 Å². The van der Waals surface area contributed by atoms with Gasteiger partial charge in [-0.2, -0.15) is 0 Å². The van der Waals surface area contributed by atoms with Crippen LogP contribution < -0.4 is 9.47 Å². The lowest BCUT2D eigenvalue weighted by molar-refractivity contribution is -0.122. The van der Waals surface area contributed by atoms with Gasteiger partial charge in [0.2, 0.25) is 0 Å². The number of ether oxygens (including phenoxy) is 2. The van der Waals surface area contributed by atoms with E-state index in [1.165, 1.54) is 4.90 Å². The zero-order chi connectivity index (χ0) is 23.9. The Labute approximate surface area is 208 Å². The number of halogens is 1. The number of carbonyl (C=O) groups excluding carboxylic acids is 2. The number of amides is 2. The molecule has 5 nitrogen and oxygen atoms in total. The van der Waals surface area contributed by atoms with Gasteiger partial charge in [-0.15, -0.1) is 0 Å². The molecule has 0 saturated carbocycles. The molecule has 1 aliphatic rings. The van der Waals surface area contributed by atoms with Crippen LogP contribution in [0.4, 0.5) is 4.79 Å². The topological polar surface area (TPSA) is 55.8 Å². The van der Waals surface area contributed by atoms with Crippen molar-refractivity contribution in [1.82, 2.24) is 4.90 Å². The number of imide groups is 1. The van der Waals surface area contributed by atoms with Gasteiger partial charge in [-0.1, -0.05) is 60.1 Å². The van der Waals surface area contributed by atoms with Gasteiger partial charge >= 0.3 is 0 Å². The number of thioether (sulfide) groups is 1. The van der Waals surface area contributed by atoms with Crippen LogP contribution in [-0.2, 0) is 17.8 Å². The van der Waals surface area contributed by atoms with Crippen molar-refractivity contribution in [1.29, 1.82) is 0 Å². The summed E-state index contributed by atoms with van der Waals surface area (Å²) in [5.74, 6) is 0.908. The minimum atomic E-state index is -0.271. The molecule has 0 radical (unpaired) electrons. The molecule has 1 heterocycles. The Kier molecular flexibility index (Phi) is 7.93. The van der Waals surface area contributed by atoms with Crippen LogP contribution in [0.1, 0.15) is 23.6 Å². The summed E-state index contributed by atoms with van der Waals surface area (Å²) < 4.78 is 11.7. The average Bonchev–Trinajstić information content (AvgIpc) is 3.11. The Balaban J connectivity index is 1.46. The molecule has 0 unspecified atom stereocenters. The van der Waals surface area contributed by atoms with Crippen LogP contribution in [0.2, 0.25) is 5.02 Å². The highest BCUT2D eigenvalue weighted by molar-refractivity contribution is 8.18. The SMILES string of the molecule is CCOc1cc(/C=C2\SC(=O)N(CCc3ccccc3)C2=O)ccc1OCc1ccc(Cl)cc1. The van der Waals surface area contributed by atoms with Crippen LogP contribution >= 0.6 is 23.4 Å². The van der Waals surface area contributed by atoms with Crippen LogP contribution in [0.5, 0.6) is 11.5 Å². The monoisotopic (exact) mass is 493 g/mol. The number of hydrogen-bond acceptors (Lipinski definition) is 5. The number of hydrogen-bond donors (Lipinski definition) is 0. The summed E-state index contributed by atoms with van der Waals surface area (Å²) in [6.45, 7) is 3.09. The van der Waals surface area contributed by atoms with E-state index in [2.05, 4.69) is 0 Å². The number of rotatable bonds is 9. The molecule has 0 aliphatic carbocycles. The minimum absolute atomic E-state index is 0.250. The second-order valence-electron chi connectivity index (χ2n) is 7.62. The first-order chi connectivity index (χ1) is 16.5. The zero-order valence-corrected chi connectivity index (χ0v) is 20.3. The van der Waals surface area contributed by atoms with E-state index in [1.54, 1.807) is 6.08 Å². The first-order valence-corrected chi connectivity index (χ1v) is 12.2. The molecular weight excluding hydrogens is 470 g/mol. The maximum atomic E-state index is 12.9. The summed E-state index contributed by atoms with van der Waals surface area (Å²) in [6.07, 6.45) is 2.35. The van der Waals surface area contributed by atoms with E-state index in [0.717, 1.165) is 28.5 Å². The summed E-state index contributed by atoms with van der Waals surface area (Å²) in [4.78, 5) is 27.0. The third kappa shape index (κ3) is 6.01. The molecule has 4 rings (SSSR count). The molecule has 34 heavy (non-hydrogen) atoms. The Morgan fingerprint density at radius 3 is 2.41 bits per heavy atom. The maximum Gasteiger partial charge on any atom is 0.293 e. The lowest BCUT2D eigenvalue weighted by atomic mass is 10.1. The van der Waals surface area contributed by atoms with E-state index in [9.17, 15) is 9.59 Å². The van der Waals surface area contributed by atoms with E-state index >= 15 is 0 Å². The Morgan fingerprint density at radius 2 is 1.68 bits per heavy atom. The van der Waals surface area contributed by atoms with Gasteiger partial charge in [-0.3, -0.25) is 14.5 Å². The van der Waals surface area contributed by atoms with E-state index in [4.69, 9.17) is 21.1 Å². The summed E-state index contributed by atoms with van der Waals surface area (Å²) >= 11 is 6.90. The summed E-state index contributed by atoms with van der Waals surface area (Å²) in [5.41, 5.74) is 2.83. The number of benzene rings is 3. The maximum absolute atomic E-state index is 12.9. The fourth-order valence-corrected chi connectivity index (χ4v) is 4.46. The molecule has 3 aromatic carbocycles. The van der Waals surface area contributed by atoms with Crippen molar-refractivity contribution in [3.8, 4) is 11.5 Å². The summed E-state index contributed by atoms with van der Waals surface area (Å²) in [6, 6.07) is 22.7. The highest BCUT2D eigenvalue weighted by Gasteiger charge is 2.34. The molecule has 0 bridgehead atoms. The van der Waals surface area contributed by atoms with Crippen molar-refractivity contribution in [2.45, 2.75) is 20.0 Å². The van der Waals surface area contributed by atoms with Gasteiger partial charge in [0, 0.05) is 11.6 Å². The molecule has 0 aromatic heterocycles. The molecule has 2 amide bonds. The van der Waals surface area contributed by atoms with Crippen LogP contribution in [0.3, 0.4) is 0 Å². The number of nitrogens with zero attached hydrogens (tertiary/aromatic N) is 1. The predicted octanol–water partition coefficient (Wildman–Crippen LogP) is 6.60. The second-order valence-corrected chi connectivity index (χ2v) is 9.05. The molecule has 1 aliphatic heterocycles. The Hall–Kier alpha value is -3.22. The molecule has 0 N–H and O–H groups in total. The predicted molar refractivity (Wildman–Crippen MR) is 136 cm³/mol. The van der Waals surface area contributed by atoms with Crippen molar-refractivity contribution >= 4 is 40.6 Å². The Morgan fingerprint density at radius 1 is 0.912 bits per heavy atom. The normalized spacial score (nSPS) is 14.6. The highest BCUT2D eigenvalue weighted by Crippen LogP contribution is 2.35. The molecule has 3 aromatic rings. The van der Waals surface area contributed by atoms with Gasteiger partial charge in [0.15, 0.2) is 11.5 Å². The summed E-state index contributed by atoms with van der Waals surface area (Å²) in [5, 5.41) is 0.424. The highest BCUT2D eigenvalue weighted by atomic mass is 35.5. The van der Waals surface area contributed by atoms with Crippen molar-refractivity contribution in [3.05, 3.63) is 99.4 Å². The van der Waals surface area contributed by atoms with Gasteiger partial charge < -0.3 is 9.47 Å². The fraction of sp³-hybridized carbons (Fsp3) is 0.185. The smallest absolute Gasteiger partial charge is 0.293 e. The van der Waals surface area contributed by atoms with Crippen molar-refractivity contribution < 1.29 is 19.1 Å². The van der Waals surface area contributed by atoms with E-state index in [-0.39, 0.29) is 11.1 Å². The van der Waals surface area contributed by atoms with E-state index in [1.807, 2.05) is 79.7 Å². The van der Waals surface area contributed by atoms with Crippen LogP contribution in [-0.4, -0.2) is 29.2 Å². The quantitative estimate of drug-likeness (QED) is 0.314. The lowest BCUT2D eigenvalue weighted by Gasteiger charge is -2.13. The van der Waals surface area contributed by atoms with Gasteiger partial charge in [0.05, 0.1) is 11.5 Å². The largest absolute Gasteiger partial charge is 0.490 e. The molecule has 1 fully saturated rings. The molecule has 0 spiro atoms. The molecule has 1 saturated heterocycles. The molecular formula is C27H24ClNO4S. The Bertz CT molecular complexity index is 1200. The van der Waals surface area contributed by atoms with Gasteiger partial charge in [-0.25, -0.2) is 0 Å². The van der Waals surface area contributed by atoms with Crippen LogP contribution in [0.15, 0.2) is 77.7 Å². The average molecular weight is 494 g/mol. The van der Waals surface area contributed by atoms with Gasteiger partial charge in [-0.05, 0) is 72.1 Å². The van der Waals surface area contributed by atoms with Crippen LogP contribution in [0, 0.1) is 0 Å². The third-order valence-corrected chi connectivity index (χ3v) is 6.37.